The van der Waals surface area contributed by atoms with E-state index in [1.807, 2.05) is 6.92 Å². The Morgan fingerprint density at radius 2 is 1.70 bits per heavy atom. The van der Waals surface area contributed by atoms with Gasteiger partial charge in [0.05, 0.1) is 6.04 Å². The van der Waals surface area contributed by atoms with Gasteiger partial charge in [-0.3, -0.25) is 20.2 Å². The first-order chi connectivity index (χ1) is 10.8. The van der Waals surface area contributed by atoms with Crippen molar-refractivity contribution in [3.63, 3.8) is 0 Å². The molecule has 0 aliphatic rings. The number of hydrogen-bond donors (Lipinski definition) is 6. The van der Waals surface area contributed by atoms with Crippen LogP contribution in [-0.4, -0.2) is 53.1 Å². The number of carbonyl (C=O) groups excluding carboxylic acids is 2. The van der Waals surface area contributed by atoms with Crippen LogP contribution in [0.25, 0.3) is 0 Å². The third-order valence-corrected chi connectivity index (χ3v) is 3.36. The number of rotatable bonds is 13. The number of aliphatic hydroxyl groups excluding tert-OH is 2. The summed E-state index contributed by atoms with van der Waals surface area (Å²) in [4.78, 5) is 23.7. The van der Waals surface area contributed by atoms with Gasteiger partial charge in [0.25, 0.3) is 0 Å². The van der Waals surface area contributed by atoms with Crippen molar-refractivity contribution in [2.75, 3.05) is 6.54 Å². The van der Waals surface area contributed by atoms with Gasteiger partial charge in [0, 0.05) is 0 Å². The van der Waals surface area contributed by atoms with Gasteiger partial charge in [0.2, 0.25) is 11.8 Å². The van der Waals surface area contributed by atoms with Crippen molar-refractivity contribution in [1.29, 1.82) is 0 Å². The van der Waals surface area contributed by atoms with Crippen molar-refractivity contribution in [3.8, 4) is 0 Å². The molecule has 2 amide bonds. The Kier molecular flexibility index (Phi) is 11.6. The van der Waals surface area contributed by atoms with Gasteiger partial charge in [-0.15, -0.1) is 0 Å². The van der Waals surface area contributed by atoms with Crippen molar-refractivity contribution in [3.05, 3.63) is 0 Å². The fourth-order valence-electron chi connectivity index (χ4n) is 2.21. The number of nitrogens with two attached hydrogens (primary N) is 1. The second-order valence-corrected chi connectivity index (χ2v) is 5.77. The highest BCUT2D eigenvalue weighted by atomic mass is 16.3. The summed E-state index contributed by atoms with van der Waals surface area (Å²) < 4.78 is 0. The molecule has 0 aromatic rings. The van der Waals surface area contributed by atoms with Crippen molar-refractivity contribution in [1.82, 2.24) is 16.0 Å². The molecule has 0 heterocycles. The van der Waals surface area contributed by atoms with E-state index in [0.717, 1.165) is 12.8 Å². The van der Waals surface area contributed by atoms with Gasteiger partial charge in [0.15, 0.2) is 0 Å². The molecule has 0 aliphatic carbocycles. The Balaban J connectivity index is 4.37. The Bertz CT molecular complexity index is 350. The van der Waals surface area contributed by atoms with Gasteiger partial charge < -0.3 is 21.3 Å². The van der Waals surface area contributed by atoms with Crippen LogP contribution < -0.4 is 21.7 Å². The summed E-state index contributed by atoms with van der Waals surface area (Å²) in [7, 11) is 0. The molecule has 8 heteroatoms. The van der Waals surface area contributed by atoms with Gasteiger partial charge in [-0.1, -0.05) is 13.3 Å². The molecule has 0 fully saturated rings. The molecule has 0 bridgehead atoms. The summed E-state index contributed by atoms with van der Waals surface area (Å²) in [5.41, 5.74) is 5.34. The number of primary amides is 1. The van der Waals surface area contributed by atoms with Crippen LogP contribution in [0, 0.1) is 0 Å². The lowest BCUT2D eigenvalue weighted by Gasteiger charge is -2.23. The van der Waals surface area contributed by atoms with Crippen molar-refractivity contribution in [2.24, 2.45) is 5.73 Å². The van der Waals surface area contributed by atoms with E-state index in [1.165, 1.54) is 6.92 Å². The van der Waals surface area contributed by atoms with Crippen LogP contribution in [-0.2, 0) is 9.59 Å². The first-order valence-corrected chi connectivity index (χ1v) is 8.23. The molecule has 23 heavy (non-hydrogen) atoms. The van der Waals surface area contributed by atoms with E-state index in [2.05, 4.69) is 16.0 Å². The zero-order chi connectivity index (χ0) is 17.8. The molecule has 0 saturated heterocycles. The smallest absolute Gasteiger partial charge is 0.240 e. The van der Waals surface area contributed by atoms with Gasteiger partial charge in [-0.05, 0) is 46.1 Å². The number of unbranched alkanes of at least 4 members (excludes halogenated alkanes) is 1. The van der Waals surface area contributed by atoms with Crippen LogP contribution in [0.3, 0.4) is 0 Å². The zero-order valence-electron chi connectivity index (χ0n) is 14.3. The quantitative estimate of drug-likeness (QED) is 0.192. The summed E-state index contributed by atoms with van der Waals surface area (Å²) >= 11 is 0. The van der Waals surface area contributed by atoms with E-state index in [-0.39, 0.29) is 5.91 Å². The number of hydrogen-bond acceptors (Lipinski definition) is 6. The lowest BCUT2D eigenvalue weighted by molar-refractivity contribution is -0.129. The van der Waals surface area contributed by atoms with Crippen LogP contribution >= 0.6 is 0 Å². The summed E-state index contributed by atoms with van der Waals surface area (Å²) in [6.45, 7) is 5.73. The molecule has 0 rings (SSSR count). The average molecular weight is 332 g/mol. The summed E-state index contributed by atoms with van der Waals surface area (Å²) in [6, 6.07) is -1.29. The SMILES string of the molecule is CCC[C@H](N[C@@H](C)O)C(=O)NC(CCCCN[C@H](C)O)C(N)=O. The van der Waals surface area contributed by atoms with Crippen molar-refractivity contribution >= 4 is 11.8 Å². The summed E-state index contributed by atoms with van der Waals surface area (Å²) in [6.07, 6.45) is 1.84. The minimum Gasteiger partial charge on any atom is -0.379 e. The molecule has 8 nitrogen and oxygen atoms in total. The highest BCUT2D eigenvalue weighted by molar-refractivity contribution is 5.88. The molecule has 136 valence electrons. The van der Waals surface area contributed by atoms with Crippen LogP contribution in [0.1, 0.15) is 52.9 Å². The summed E-state index contributed by atoms with van der Waals surface area (Å²) in [5, 5.41) is 26.7. The first-order valence-electron chi connectivity index (χ1n) is 8.23. The number of amides is 2. The minimum absolute atomic E-state index is 0.335. The fourth-order valence-corrected chi connectivity index (χ4v) is 2.21. The largest absolute Gasteiger partial charge is 0.379 e. The van der Waals surface area contributed by atoms with E-state index < -0.39 is 30.4 Å². The van der Waals surface area contributed by atoms with Gasteiger partial charge in [0.1, 0.15) is 18.5 Å². The molecule has 0 aromatic carbocycles. The third-order valence-electron chi connectivity index (χ3n) is 3.36. The lowest BCUT2D eigenvalue weighted by Crippen LogP contribution is -2.53. The maximum atomic E-state index is 12.2. The molecule has 0 radical (unpaired) electrons. The van der Waals surface area contributed by atoms with E-state index >= 15 is 0 Å². The highest BCUT2D eigenvalue weighted by Gasteiger charge is 2.24. The van der Waals surface area contributed by atoms with E-state index in [4.69, 9.17) is 10.8 Å². The van der Waals surface area contributed by atoms with Crippen molar-refractivity contribution in [2.45, 2.75) is 77.4 Å². The van der Waals surface area contributed by atoms with Crippen LogP contribution in [0.2, 0.25) is 0 Å². The molecule has 0 spiro atoms. The van der Waals surface area contributed by atoms with Gasteiger partial charge in [-0.25, -0.2) is 0 Å². The second kappa shape index (κ2) is 12.2. The fraction of sp³-hybridized carbons (Fsp3) is 0.867. The number of nitrogens with one attached hydrogen (secondary N) is 3. The molecule has 0 aromatic heterocycles. The monoisotopic (exact) mass is 332 g/mol. The molecule has 7 N–H and O–H groups in total. The molecule has 0 saturated carbocycles. The predicted octanol–water partition coefficient (Wildman–Crippen LogP) is -0.849. The Morgan fingerprint density at radius 3 is 2.17 bits per heavy atom. The highest BCUT2D eigenvalue weighted by Crippen LogP contribution is 2.04. The molecular weight excluding hydrogens is 300 g/mol. The van der Waals surface area contributed by atoms with Gasteiger partial charge in [-0.2, -0.15) is 0 Å². The number of aliphatic hydroxyl groups is 2. The van der Waals surface area contributed by atoms with Crippen LogP contribution in [0.5, 0.6) is 0 Å². The second-order valence-electron chi connectivity index (χ2n) is 5.77. The topological polar surface area (TPSA) is 137 Å². The van der Waals surface area contributed by atoms with E-state index in [9.17, 15) is 14.7 Å². The van der Waals surface area contributed by atoms with Crippen LogP contribution in [0.4, 0.5) is 0 Å². The zero-order valence-corrected chi connectivity index (χ0v) is 14.3. The molecule has 0 aliphatic heterocycles. The lowest BCUT2D eigenvalue weighted by atomic mass is 10.1. The Morgan fingerprint density at radius 1 is 1.04 bits per heavy atom. The Hall–Kier alpha value is -1.22. The maximum Gasteiger partial charge on any atom is 0.240 e. The van der Waals surface area contributed by atoms with Crippen molar-refractivity contribution < 1.29 is 19.8 Å². The van der Waals surface area contributed by atoms with E-state index in [0.29, 0.717) is 25.8 Å². The van der Waals surface area contributed by atoms with Gasteiger partial charge >= 0.3 is 0 Å². The number of carbonyl (C=O) groups is 2. The predicted molar refractivity (Wildman–Crippen MR) is 88.2 cm³/mol. The minimum atomic E-state index is -0.809. The van der Waals surface area contributed by atoms with E-state index in [1.54, 1.807) is 6.92 Å². The van der Waals surface area contributed by atoms with Crippen LogP contribution in [0.15, 0.2) is 0 Å². The molecule has 4 atom stereocenters. The Labute approximate surface area is 138 Å². The normalized spacial score (nSPS) is 16.4. The maximum absolute atomic E-state index is 12.2. The average Bonchev–Trinajstić information content (AvgIpc) is 2.44. The first kappa shape index (κ1) is 21.8. The molecule has 1 unspecified atom stereocenters. The third kappa shape index (κ3) is 11.0. The standard InChI is InChI=1S/C15H32N4O4/c1-4-7-13(18-11(3)21)15(23)19-12(14(16)22)8-5-6-9-17-10(2)20/h10-13,17-18,20-21H,4-9H2,1-3H3,(H2,16,22)(H,19,23)/t10-,11+,12?,13-/m0/s1. The summed E-state index contributed by atoms with van der Waals surface area (Å²) in [5.74, 6) is -0.909. The molecular formula is C15H32N4O4.